The van der Waals surface area contributed by atoms with Crippen molar-refractivity contribution in [2.24, 2.45) is 0 Å². The summed E-state index contributed by atoms with van der Waals surface area (Å²) in [4.78, 5) is 0. The highest BCUT2D eigenvalue weighted by Crippen LogP contribution is 2.12. The average Bonchev–Trinajstić information content (AvgIpc) is 2.90. The van der Waals surface area contributed by atoms with Crippen molar-refractivity contribution in [1.29, 1.82) is 0 Å². The van der Waals surface area contributed by atoms with Gasteiger partial charge in [0.1, 0.15) is 0 Å². The Hall–Kier alpha value is -1.54. The fraction of sp³-hybridized carbons (Fsp3) is 0.545. The van der Waals surface area contributed by atoms with Crippen LogP contribution in [0.2, 0.25) is 0 Å². The minimum atomic E-state index is -2.86. The number of aromatic nitrogens is 4. The number of sulfone groups is 1. The van der Waals surface area contributed by atoms with Gasteiger partial charge in [0.15, 0.2) is 21.3 Å². The van der Waals surface area contributed by atoms with E-state index in [1.54, 1.807) is 4.52 Å². The summed E-state index contributed by atoms with van der Waals surface area (Å²) in [7, 11) is -2.86. The predicted molar refractivity (Wildman–Crippen MR) is 69.4 cm³/mol. The van der Waals surface area contributed by atoms with E-state index in [4.69, 9.17) is 0 Å². The Morgan fingerprint density at radius 2 is 2.26 bits per heavy atom. The van der Waals surface area contributed by atoms with Gasteiger partial charge in [0.25, 0.3) is 0 Å². The summed E-state index contributed by atoms with van der Waals surface area (Å²) in [5.74, 6) is 1.17. The minimum absolute atomic E-state index is 0.00200. The molecule has 2 aromatic heterocycles. The highest BCUT2D eigenvalue weighted by molar-refractivity contribution is 7.91. The lowest BCUT2D eigenvalue weighted by Crippen LogP contribution is -2.30. The van der Waals surface area contributed by atoms with Crippen LogP contribution in [0.25, 0.3) is 5.65 Å². The van der Waals surface area contributed by atoms with Crippen molar-refractivity contribution in [1.82, 2.24) is 25.1 Å². The smallest absolute Gasteiger partial charge is 0.177 e. The summed E-state index contributed by atoms with van der Waals surface area (Å²) in [5.41, 5.74) is 1.58. The van der Waals surface area contributed by atoms with Crippen molar-refractivity contribution in [3.8, 4) is 0 Å². The monoisotopic (exact) mass is 281 g/mol. The van der Waals surface area contributed by atoms with E-state index in [-0.39, 0.29) is 17.5 Å². The Morgan fingerprint density at radius 3 is 3.00 bits per heavy atom. The molecule has 1 saturated heterocycles. The van der Waals surface area contributed by atoms with Gasteiger partial charge in [0.05, 0.1) is 23.7 Å². The fourth-order valence-electron chi connectivity index (χ4n) is 2.23. The third-order valence-electron chi connectivity index (χ3n) is 3.24. The first-order chi connectivity index (χ1) is 9.03. The molecule has 0 aliphatic carbocycles. The molecular weight excluding hydrogens is 266 g/mol. The van der Waals surface area contributed by atoms with Crippen molar-refractivity contribution in [3.63, 3.8) is 0 Å². The Morgan fingerprint density at radius 1 is 1.42 bits per heavy atom. The molecule has 7 nitrogen and oxygen atoms in total. The quantitative estimate of drug-likeness (QED) is 0.831. The van der Waals surface area contributed by atoms with Crippen LogP contribution in [-0.2, 0) is 16.4 Å². The second kappa shape index (κ2) is 4.53. The van der Waals surface area contributed by atoms with Gasteiger partial charge >= 0.3 is 0 Å². The lowest BCUT2D eigenvalue weighted by molar-refractivity contribution is 0.535. The van der Waals surface area contributed by atoms with Crippen molar-refractivity contribution in [3.05, 3.63) is 23.7 Å². The summed E-state index contributed by atoms with van der Waals surface area (Å²) < 4.78 is 24.4. The predicted octanol–water partition coefficient (Wildman–Crippen LogP) is -0.291. The molecule has 1 atom stereocenters. The maximum Gasteiger partial charge on any atom is 0.177 e. The standard InChI is InChI=1S/C11H15N5O2S/c1-8-2-3-10-13-14-11(16(10)15-8)6-12-9-4-5-19(17,18)7-9/h2-3,9,12H,4-7H2,1H3. The number of hydrogen-bond donors (Lipinski definition) is 1. The molecule has 1 aliphatic heterocycles. The molecule has 0 radical (unpaired) electrons. The molecule has 0 amide bonds. The van der Waals surface area contributed by atoms with Gasteiger partial charge in [-0.3, -0.25) is 0 Å². The van der Waals surface area contributed by atoms with Gasteiger partial charge in [-0.15, -0.1) is 10.2 Å². The summed E-state index contributed by atoms with van der Waals surface area (Å²) in [6.07, 6.45) is 0.658. The van der Waals surface area contributed by atoms with Gasteiger partial charge in [-0.2, -0.15) is 9.61 Å². The molecular formula is C11H15N5O2S. The van der Waals surface area contributed by atoms with Crippen molar-refractivity contribution < 1.29 is 8.42 Å². The van der Waals surface area contributed by atoms with Crippen LogP contribution in [0.3, 0.4) is 0 Å². The summed E-state index contributed by atoms with van der Waals surface area (Å²) in [5, 5.41) is 15.6. The third kappa shape index (κ3) is 2.59. The van der Waals surface area contributed by atoms with E-state index in [0.29, 0.717) is 24.4 Å². The number of nitrogens with zero attached hydrogens (tertiary/aromatic N) is 4. The Kier molecular flexibility index (Phi) is 2.98. The Balaban J connectivity index is 1.74. The maximum atomic E-state index is 11.4. The van der Waals surface area contributed by atoms with Crippen molar-refractivity contribution >= 4 is 15.5 Å². The van der Waals surface area contributed by atoms with E-state index in [2.05, 4.69) is 20.6 Å². The molecule has 102 valence electrons. The van der Waals surface area contributed by atoms with Crippen LogP contribution in [0, 0.1) is 6.92 Å². The van der Waals surface area contributed by atoms with Crippen LogP contribution < -0.4 is 5.32 Å². The SMILES string of the molecule is Cc1ccc2nnc(CNC3CCS(=O)(=O)C3)n2n1. The molecule has 3 rings (SSSR count). The molecule has 2 aromatic rings. The summed E-state index contributed by atoms with van der Waals surface area (Å²) >= 11 is 0. The van der Waals surface area contributed by atoms with Crippen LogP contribution >= 0.6 is 0 Å². The number of nitrogens with one attached hydrogen (secondary N) is 1. The normalized spacial score (nSPS) is 22.1. The fourth-order valence-corrected chi connectivity index (χ4v) is 3.93. The molecule has 1 aliphatic rings. The zero-order valence-corrected chi connectivity index (χ0v) is 11.4. The number of rotatable bonds is 3. The first kappa shape index (κ1) is 12.5. The van der Waals surface area contributed by atoms with E-state index in [1.807, 2.05) is 19.1 Å². The van der Waals surface area contributed by atoms with Crippen LogP contribution in [-0.4, -0.2) is 45.8 Å². The van der Waals surface area contributed by atoms with Gasteiger partial charge in [-0.05, 0) is 25.5 Å². The zero-order valence-electron chi connectivity index (χ0n) is 10.6. The Bertz CT molecular complexity index is 709. The zero-order chi connectivity index (χ0) is 13.5. The molecule has 19 heavy (non-hydrogen) atoms. The van der Waals surface area contributed by atoms with Gasteiger partial charge in [0.2, 0.25) is 0 Å². The first-order valence-corrected chi connectivity index (χ1v) is 7.97. The van der Waals surface area contributed by atoms with Gasteiger partial charge in [-0.25, -0.2) is 8.42 Å². The molecule has 1 N–H and O–H groups in total. The van der Waals surface area contributed by atoms with E-state index in [9.17, 15) is 8.42 Å². The maximum absolute atomic E-state index is 11.4. The van der Waals surface area contributed by atoms with Crippen LogP contribution in [0.15, 0.2) is 12.1 Å². The second-order valence-corrected chi connectivity index (χ2v) is 7.07. The summed E-state index contributed by atoms with van der Waals surface area (Å²) in [6, 6.07) is 3.74. The second-order valence-electron chi connectivity index (χ2n) is 4.84. The minimum Gasteiger partial charge on any atom is -0.306 e. The molecule has 1 fully saturated rings. The molecule has 0 saturated carbocycles. The molecule has 0 aromatic carbocycles. The van der Waals surface area contributed by atoms with Crippen molar-refractivity contribution in [2.75, 3.05) is 11.5 Å². The number of hydrogen-bond acceptors (Lipinski definition) is 6. The molecule has 1 unspecified atom stereocenters. The van der Waals surface area contributed by atoms with Crippen LogP contribution in [0.4, 0.5) is 0 Å². The lowest BCUT2D eigenvalue weighted by atomic mass is 10.2. The van der Waals surface area contributed by atoms with Gasteiger partial charge in [-0.1, -0.05) is 0 Å². The lowest BCUT2D eigenvalue weighted by Gasteiger charge is -2.08. The van der Waals surface area contributed by atoms with Gasteiger partial charge < -0.3 is 5.32 Å². The van der Waals surface area contributed by atoms with E-state index >= 15 is 0 Å². The molecule has 0 bridgehead atoms. The highest BCUT2D eigenvalue weighted by atomic mass is 32.2. The number of fused-ring (bicyclic) bond motifs is 1. The third-order valence-corrected chi connectivity index (χ3v) is 5.01. The largest absolute Gasteiger partial charge is 0.306 e. The summed E-state index contributed by atoms with van der Waals surface area (Å²) in [6.45, 7) is 2.37. The highest BCUT2D eigenvalue weighted by Gasteiger charge is 2.27. The average molecular weight is 281 g/mol. The van der Waals surface area contributed by atoms with E-state index in [1.165, 1.54) is 0 Å². The van der Waals surface area contributed by atoms with E-state index in [0.717, 1.165) is 5.69 Å². The first-order valence-electron chi connectivity index (χ1n) is 6.15. The molecule has 0 spiro atoms. The Labute approximate surface area is 111 Å². The van der Waals surface area contributed by atoms with Crippen LogP contribution in [0.1, 0.15) is 17.9 Å². The van der Waals surface area contributed by atoms with Crippen molar-refractivity contribution in [2.45, 2.75) is 25.9 Å². The molecule has 3 heterocycles. The van der Waals surface area contributed by atoms with Crippen LogP contribution in [0.5, 0.6) is 0 Å². The number of aryl methyl sites for hydroxylation is 1. The van der Waals surface area contributed by atoms with E-state index < -0.39 is 9.84 Å². The topological polar surface area (TPSA) is 89.2 Å². The molecule has 8 heteroatoms. The van der Waals surface area contributed by atoms with Gasteiger partial charge in [0, 0.05) is 6.04 Å².